The highest BCUT2D eigenvalue weighted by Gasteiger charge is 2.17. The Morgan fingerprint density at radius 1 is 1.06 bits per heavy atom. The summed E-state index contributed by atoms with van der Waals surface area (Å²) >= 11 is 1.77. The Hall–Kier alpha value is -1.28. The standard InChI is InChI=1S/C15H19NS/c1-10-7-12(9-17-10)11-5-6-13(14(16)8-11)15(2,3)4/h5-9H,16H2,1-4H3. The van der Waals surface area contributed by atoms with Crippen molar-refractivity contribution in [2.45, 2.75) is 33.1 Å². The van der Waals surface area contributed by atoms with Crippen molar-refractivity contribution in [3.8, 4) is 11.1 Å². The number of hydrogen-bond donors (Lipinski definition) is 1. The van der Waals surface area contributed by atoms with E-state index in [1.54, 1.807) is 11.3 Å². The van der Waals surface area contributed by atoms with Crippen molar-refractivity contribution in [3.63, 3.8) is 0 Å². The molecule has 0 saturated carbocycles. The van der Waals surface area contributed by atoms with Gasteiger partial charge in [-0.05, 0) is 46.5 Å². The monoisotopic (exact) mass is 245 g/mol. The highest BCUT2D eigenvalue weighted by Crippen LogP contribution is 2.32. The average molecular weight is 245 g/mol. The van der Waals surface area contributed by atoms with E-state index in [1.807, 2.05) is 0 Å². The van der Waals surface area contributed by atoms with Crippen LogP contribution in [0.2, 0.25) is 0 Å². The molecule has 2 aromatic rings. The van der Waals surface area contributed by atoms with Crippen molar-refractivity contribution < 1.29 is 0 Å². The van der Waals surface area contributed by atoms with Gasteiger partial charge in [0.25, 0.3) is 0 Å². The van der Waals surface area contributed by atoms with Gasteiger partial charge >= 0.3 is 0 Å². The molecule has 0 aliphatic heterocycles. The van der Waals surface area contributed by atoms with Gasteiger partial charge in [-0.3, -0.25) is 0 Å². The van der Waals surface area contributed by atoms with E-state index in [9.17, 15) is 0 Å². The minimum absolute atomic E-state index is 0.104. The first-order chi connectivity index (χ1) is 7.88. The second kappa shape index (κ2) is 4.19. The molecule has 90 valence electrons. The number of rotatable bonds is 1. The van der Waals surface area contributed by atoms with Crippen LogP contribution in [0.15, 0.2) is 29.6 Å². The van der Waals surface area contributed by atoms with Gasteiger partial charge in [-0.15, -0.1) is 11.3 Å². The molecule has 17 heavy (non-hydrogen) atoms. The van der Waals surface area contributed by atoms with Crippen LogP contribution >= 0.6 is 11.3 Å². The maximum atomic E-state index is 6.16. The molecule has 2 N–H and O–H groups in total. The summed E-state index contributed by atoms with van der Waals surface area (Å²) in [7, 11) is 0. The molecule has 0 bridgehead atoms. The smallest absolute Gasteiger partial charge is 0.0358 e. The van der Waals surface area contributed by atoms with Crippen LogP contribution in [0.5, 0.6) is 0 Å². The normalized spacial score (nSPS) is 11.8. The van der Waals surface area contributed by atoms with Crippen LogP contribution in [-0.4, -0.2) is 0 Å². The number of hydrogen-bond acceptors (Lipinski definition) is 2. The lowest BCUT2D eigenvalue weighted by molar-refractivity contribution is 0.592. The molecule has 1 aromatic carbocycles. The third kappa shape index (κ3) is 2.52. The molecule has 0 atom stereocenters. The first-order valence-electron chi connectivity index (χ1n) is 5.83. The minimum atomic E-state index is 0.104. The molecule has 1 nitrogen and oxygen atoms in total. The molecule has 2 rings (SSSR count). The van der Waals surface area contributed by atoms with E-state index >= 15 is 0 Å². The SMILES string of the molecule is Cc1cc(-c2ccc(C(C)(C)C)c(N)c2)cs1. The van der Waals surface area contributed by atoms with Crippen LogP contribution in [0.25, 0.3) is 11.1 Å². The van der Waals surface area contributed by atoms with Gasteiger partial charge in [-0.1, -0.05) is 32.9 Å². The Kier molecular flexibility index (Phi) is 3.00. The molecule has 0 saturated heterocycles. The predicted octanol–water partition coefficient (Wildman–Crippen LogP) is 4.60. The summed E-state index contributed by atoms with van der Waals surface area (Å²) in [5.74, 6) is 0. The second-order valence-electron chi connectivity index (χ2n) is 5.50. The van der Waals surface area contributed by atoms with Gasteiger partial charge in [0.05, 0.1) is 0 Å². The summed E-state index contributed by atoms with van der Waals surface area (Å²) in [5.41, 5.74) is 10.8. The zero-order valence-electron chi connectivity index (χ0n) is 10.9. The first-order valence-corrected chi connectivity index (χ1v) is 6.71. The maximum Gasteiger partial charge on any atom is 0.0358 e. The quantitative estimate of drug-likeness (QED) is 0.730. The van der Waals surface area contributed by atoms with Gasteiger partial charge in [0.2, 0.25) is 0 Å². The van der Waals surface area contributed by atoms with E-state index < -0.39 is 0 Å². The van der Waals surface area contributed by atoms with E-state index in [2.05, 4.69) is 57.3 Å². The molecule has 0 fully saturated rings. The number of thiophene rings is 1. The summed E-state index contributed by atoms with van der Waals surface area (Å²) in [5, 5.41) is 2.18. The second-order valence-corrected chi connectivity index (χ2v) is 6.61. The van der Waals surface area contributed by atoms with Gasteiger partial charge in [0.15, 0.2) is 0 Å². The summed E-state index contributed by atoms with van der Waals surface area (Å²) in [6.07, 6.45) is 0. The van der Waals surface area contributed by atoms with E-state index in [4.69, 9.17) is 5.73 Å². The highest BCUT2D eigenvalue weighted by atomic mass is 32.1. The number of anilines is 1. The summed E-state index contributed by atoms with van der Waals surface area (Å²) in [6.45, 7) is 8.69. The largest absolute Gasteiger partial charge is 0.398 e. The van der Waals surface area contributed by atoms with Crippen molar-refractivity contribution in [1.82, 2.24) is 0 Å². The molecule has 2 heteroatoms. The van der Waals surface area contributed by atoms with Crippen molar-refractivity contribution in [3.05, 3.63) is 40.1 Å². The van der Waals surface area contributed by atoms with E-state index in [0.29, 0.717) is 0 Å². The van der Waals surface area contributed by atoms with Crippen molar-refractivity contribution >= 4 is 17.0 Å². The van der Waals surface area contributed by atoms with Gasteiger partial charge in [-0.2, -0.15) is 0 Å². The van der Waals surface area contributed by atoms with E-state index in [0.717, 1.165) is 5.69 Å². The van der Waals surface area contributed by atoms with Crippen molar-refractivity contribution in [2.24, 2.45) is 0 Å². The summed E-state index contributed by atoms with van der Waals surface area (Å²) < 4.78 is 0. The number of aryl methyl sites for hydroxylation is 1. The molecule has 0 aliphatic rings. The maximum absolute atomic E-state index is 6.16. The fraction of sp³-hybridized carbons (Fsp3) is 0.333. The molecule has 0 unspecified atom stereocenters. The van der Waals surface area contributed by atoms with Crippen LogP contribution in [0.4, 0.5) is 5.69 Å². The molecule has 0 radical (unpaired) electrons. The number of nitrogens with two attached hydrogens (primary N) is 1. The molecule has 1 aromatic heterocycles. The third-order valence-electron chi connectivity index (χ3n) is 2.92. The van der Waals surface area contributed by atoms with Crippen molar-refractivity contribution in [2.75, 3.05) is 5.73 Å². The number of nitrogen functional groups attached to an aromatic ring is 1. The van der Waals surface area contributed by atoms with Crippen LogP contribution in [0.3, 0.4) is 0 Å². The van der Waals surface area contributed by atoms with Gasteiger partial charge in [0, 0.05) is 10.6 Å². The molecule has 0 amide bonds. The lowest BCUT2D eigenvalue weighted by Crippen LogP contribution is -2.13. The molecular formula is C15H19NS. The van der Waals surface area contributed by atoms with E-state index in [-0.39, 0.29) is 5.41 Å². The Morgan fingerprint density at radius 2 is 1.76 bits per heavy atom. The van der Waals surface area contributed by atoms with Crippen molar-refractivity contribution in [1.29, 1.82) is 0 Å². The first kappa shape index (κ1) is 12.2. The van der Waals surface area contributed by atoms with Gasteiger partial charge < -0.3 is 5.73 Å². The summed E-state index contributed by atoms with van der Waals surface area (Å²) in [4.78, 5) is 1.33. The Bertz CT molecular complexity index is 532. The molecule has 0 aliphatic carbocycles. The van der Waals surface area contributed by atoms with Gasteiger partial charge in [-0.25, -0.2) is 0 Å². The van der Waals surface area contributed by atoms with Crippen LogP contribution in [0, 0.1) is 6.92 Å². The lowest BCUT2D eigenvalue weighted by Gasteiger charge is -2.21. The Labute approximate surface area is 107 Å². The van der Waals surface area contributed by atoms with Crippen LogP contribution in [-0.2, 0) is 5.41 Å². The molecular weight excluding hydrogens is 226 g/mol. The van der Waals surface area contributed by atoms with E-state index in [1.165, 1.54) is 21.6 Å². The Balaban J connectivity index is 2.44. The number of benzene rings is 1. The zero-order chi connectivity index (χ0) is 12.6. The fourth-order valence-corrected chi connectivity index (χ4v) is 2.73. The molecule has 1 heterocycles. The lowest BCUT2D eigenvalue weighted by atomic mass is 9.85. The topological polar surface area (TPSA) is 26.0 Å². The highest BCUT2D eigenvalue weighted by molar-refractivity contribution is 7.10. The minimum Gasteiger partial charge on any atom is -0.398 e. The average Bonchev–Trinajstić information content (AvgIpc) is 2.62. The predicted molar refractivity (Wildman–Crippen MR) is 77.6 cm³/mol. The zero-order valence-corrected chi connectivity index (χ0v) is 11.7. The van der Waals surface area contributed by atoms with Crippen LogP contribution in [0.1, 0.15) is 31.2 Å². The third-order valence-corrected chi connectivity index (χ3v) is 3.78. The van der Waals surface area contributed by atoms with Gasteiger partial charge in [0.1, 0.15) is 0 Å². The van der Waals surface area contributed by atoms with Crippen LogP contribution < -0.4 is 5.73 Å². The fourth-order valence-electron chi connectivity index (χ4n) is 2.02. The molecule has 0 spiro atoms. The Morgan fingerprint density at radius 3 is 2.24 bits per heavy atom. The summed E-state index contributed by atoms with van der Waals surface area (Å²) in [6, 6.07) is 8.61.